The van der Waals surface area contributed by atoms with Crippen molar-refractivity contribution in [1.82, 2.24) is 0 Å². The normalized spacial score (nSPS) is 12.1. The summed E-state index contributed by atoms with van der Waals surface area (Å²) in [5.41, 5.74) is 14.9. The number of nitrogens with zero attached hydrogens (tertiary/aromatic N) is 2. The Balaban J connectivity index is 0.900. The number of hydrogen-bond acceptors (Lipinski definition) is 4. The maximum Gasteiger partial charge on any atom is 0.159 e. The van der Waals surface area contributed by atoms with Crippen molar-refractivity contribution in [2.24, 2.45) is 0 Å². The van der Waals surface area contributed by atoms with Crippen LogP contribution < -0.4 is 19.7 Å². The van der Waals surface area contributed by atoms with E-state index >= 15 is 0 Å². The van der Waals surface area contributed by atoms with E-state index in [0.29, 0.717) is 0 Å². The monoisotopic (exact) mass is 966 g/mol. The average molecular weight is 967 g/mol. The second-order valence-corrected chi connectivity index (χ2v) is 25.5. The van der Waals surface area contributed by atoms with Gasteiger partial charge < -0.3 is 19.0 Å². The summed E-state index contributed by atoms with van der Waals surface area (Å²) >= 11 is 0. The first-order valence-electron chi connectivity index (χ1n) is 25.5. The van der Waals surface area contributed by atoms with Gasteiger partial charge >= 0.3 is 0 Å². The summed E-state index contributed by atoms with van der Waals surface area (Å²) in [6, 6.07) is 89.9. The first-order chi connectivity index (χ1) is 36.3. The van der Waals surface area contributed by atoms with E-state index in [0.717, 1.165) is 95.2 Å². The number of para-hydroxylation sites is 4. The Morgan fingerprint density at radius 2 is 0.892 bits per heavy atom. The van der Waals surface area contributed by atoms with E-state index < -0.39 is 8.07 Å². The number of fused-ring (bicyclic) bond motifs is 9. The van der Waals surface area contributed by atoms with Crippen molar-refractivity contribution in [2.75, 3.05) is 9.80 Å². The van der Waals surface area contributed by atoms with E-state index in [2.05, 4.69) is 272 Å². The van der Waals surface area contributed by atoms with E-state index in [1.807, 2.05) is 6.07 Å². The summed E-state index contributed by atoms with van der Waals surface area (Å²) in [5.74, 6) is 1.71. The molecule has 0 radical (unpaired) electrons. The maximum absolute atomic E-state index is 6.98. The maximum atomic E-state index is 6.98. The molecule has 13 aromatic rings. The fourth-order valence-corrected chi connectivity index (χ4v) is 12.6. The van der Waals surface area contributed by atoms with Gasteiger partial charge in [0.25, 0.3) is 0 Å². The van der Waals surface area contributed by atoms with Crippen molar-refractivity contribution in [1.29, 1.82) is 0 Å². The van der Waals surface area contributed by atoms with E-state index in [1.165, 1.54) is 43.2 Å². The molecule has 0 amide bonds. The number of ether oxygens (including phenoxy) is 1. The Bertz CT molecular complexity index is 4310. The molecule has 1 aromatic heterocycles. The second kappa shape index (κ2) is 17.3. The van der Waals surface area contributed by atoms with Gasteiger partial charge in [0.15, 0.2) is 5.58 Å². The third-order valence-corrected chi connectivity index (χ3v) is 17.1. The Morgan fingerprint density at radius 3 is 1.69 bits per heavy atom. The Morgan fingerprint density at radius 1 is 0.324 bits per heavy atom. The fraction of sp³-hybridized carbons (Fsp3) is 0.0435. The van der Waals surface area contributed by atoms with Crippen molar-refractivity contribution in [2.45, 2.75) is 19.6 Å². The molecule has 0 bridgehead atoms. The third-order valence-electron chi connectivity index (χ3n) is 15.0. The van der Waals surface area contributed by atoms with Gasteiger partial charge in [0.2, 0.25) is 0 Å². The topological polar surface area (TPSA) is 28.9 Å². The van der Waals surface area contributed by atoms with Crippen molar-refractivity contribution >= 4 is 102 Å². The molecule has 4 nitrogen and oxygen atoms in total. The van der Waals surface area contributed by atoms with Gasteiger partial charge in [-0.1, -0.05) is 183 Å². The van der Waals surface area contributed by atoms with Gasteiger partial charge in [-0.2, -0.15) is 0 Å². The predicted octanol–water partition coefficient (Wildman–Crippen LogP) is 19.6. The minimum Gasteiger partial charge on any atom is -0.456 e. The SMILES string of the molecule is C[Si](C)(C)c1ccc(N(c2ccccc2)c2ccc3c(c2)Oc2cccc4c2c-3cc2c3ccccc3c(-c3ccc(N(c5ccccc5-c5ccccc5)c5cccc6c5oc5ccccc56)cc3)cc42)cc1. The minimum absolute atomic E-state index is 0.847. The lowest BCUT2D eigenvalue weighted by Gasteiger charge is -2.29. The largest absolute Gasteiger partial charge is 0.456 e. The Kier molecular flexibility index (Phi) is 10.2. The molecule has 0 spiro atoms. The number of furan rings is 1. The van der Waals surface area contributed by atoms with E-state index in [1.54, 1.807) is 0 Å². The summed E-state index contributed by atoms with van der Waals surface area (Å²) in [4.78, 5) is 4.69. The molecule has 0 atom stereocenters. The minimum atomic E-state index is -1.48. The van der Waals surface area contributed by atoms with Gasteiger partial charge in [-0.05, 0) is 134 Å². The van der Waals surface area contributed by atoms with Crippen LogP contribution in [0.3, 0.4) is 0 Å². The Hall–Kier alpha value is -9.16. The van der Waals surface area contributed by atoms with Crippen LogP contribution in [-0.4, -0.2) is 8.07 Å². The van der Waals surface area contributed by atoms with Crippen molar-refractivity contribution < 1.29 is 9.15 Å². The molecule has 0 aliphatic carbocycles. The number of hydrogen-bond donors (Lipinski definition) is 0. The molecule has 0 saturated carbocycles. The molecule has 12 aromatic carbocycles. The van der Waals surface area contributed by atoms with Crippen LogP contribution >= 0.6 is 0 Å². The van der Waals surface area contributed by atoms with E-state index in [4.69, 9.17) is 9.15 Å². The van der Waals surface area contributed by atoms with Crippen molar-refractivity contribution in [3.8, 4) is 44.9 Å². The zero-order chi connectivity index (χ0) is 49.5. The van der Waals surface area contributed by atoms with Gasteiger partial charge in [-0.3, -0.25) is 0 Å². The van der Waals surface area contributed by atoms with E-state index in [9.17, 15) is 0 Å². The van der Waals surface area contributed by atoms with Gasteiger partial charge in [0.1, 0.15) is 17.1 Å². The molecule has 5 heteroatoms. The standard InChI is InChI=1S/C69H50N2O2Si/c1-74(2,3)51-39-36-48(37-40-51)70(47-20-8-5-9-21-47)50-38-41-56-62-44-60-54-24-11-10-23-53(54)59(43-61(60)57-26-17-31-66(68(57)62)72-67(56)42-50)46-32-34-49(35-33-46)71(63-28-14-12-22-52(63)45-18-6-4-7-19-45)64-29-16-27-58-55-25-13-15-30-65(55)73-69(58)64/h4-44H,1-3H3. The van der Waals surface area contributed by atoms with Crippen molar-refractivity contribution in [3.63, 3.8) is 0 Å². The van der Waals surface area contributed by atoms with Crippen LogP contribution in [0.15, 0.2) is 253 Å². The zero-order valence-corrected chi connectivity index (χ0v) is 42.4. The predicted molar refractivity (Wildman–Crippen MR) is 315 cm³/mol. The molecule has 0 fully saturated rings. The lowest BCUT2D eigenvalue weighted by molar-refractivity contribution is 0.487. The van der Waals surface area contributed by atoms with Crippen LogP contribution in [0, 0.1) is 0 Å². The zero-order valence-electron chi connectivity index (χ0n) is 41.4. The summed E-state index contributed by atoms with van der Waals surface area (Å²) in [5, 5.41) is 10.8. The van der Waals surface area contributed by atoms with Crippen LogP contribution in [0.4, 0.5) is 34.1 Å². The fourth-order valence-electron chi connectivity index (χ4n) is 11.4. The quantitative estimate of drug-likeness (QED) is 0.106. The first-order valence-corrected chi connectivity index (χ1v) is 29.0. The molecule has 14 rings (SSSR count). The summed E-state index contributed by atoms with van der Waals surface area (Å²) in [7, 11) is -1.48. The number of anilines is 6. The van der Waals surface area contributed by atoms with Crippen LogP contribution in [0.5, 0.6) is 11.5 Å². The molecule has 2 heterocycles. The number of rotatable bonds is 9. The summed E-state index contributed by atoms with van der Waals surface area (Å²) in [6.07, 6.45) is 0. The molecule has 74 heavy (non-hydrogen) atoms. The molecule has 352 valence electrons. The molecule has 1 aliphatic rings. The molecule has 1 aliphatic heterocycles. The molecular weight excluding hydrogens is 917 g/mol. The summed E-state index contributed by atoms with van der Waals surface area (Å²) in [6.45, 7) is 7.19. The highest BCUT2D eigenvalue weighted by Crippen LogP contribution is 2.53. The highest BCUT2D eigenvalue weighted by Gasteiger charge is 2.27. The van der Waals surface area contributed by atoms with Crippen LogP contribution in [0.2, 0.25) is 19.6 Å². The molecule has 0 unspecified atom stereocenters. The van der Waals surface area contributed by atoms with Gasteiger partial charge in [0.05, 0.1) is 19.4 Å². The lowest BCUT2D eigenvalue weighted by Crippen LogP contribution is -2.37. The number of benzene rings is 12. The molecule has 0 N–H and O–H groups in total. The van der Waals surface area contributed by atoms with Crippen LogP contribution in [0.25, 0.3) is 87.6 Å². The first kappa shape index (κ1) is 43.6. The molecular formula is C69H50N2O2Si. The van der Waals surface area contributed by atoms with Gasteiger partial charge in [0, 0.05) is 56.1 Å². The molecule has 0 saturated heterocycles. The van der Waals surface area contributed by atoms with E-state index in [-0.39, 0.29) is 0 Å². The second-order valence-electron chi connectivity index (χ2n) is 20.4. The third kappa shape index (κ3) is 7.19. The highest BCUT2D eigenvalue weighted by atomic mass is 28.3. The van der Waals surface area contributed by atoms with Gasteiger partial charge in [-0.25, -0.2) is 0 Å². The van der Waals surface area contributed by atoms with Crippen molar-refractivity contribution in [3.05, 3.63) is 249 Å². The van der Waals surface area contributed by atoms with Crippen LogP contribution in [-0.2, 0) is 0 Å². The average Bonchev–Trinajstić information content (AvgIpc) is 3.84. The van der Waals surface area contributed by atoms with Gasteiger partial charge in [-0.15, -0.1) is 0 Å². The van der Waals surface area contributed by atoms with Crippen LogP contribution in [0.1, 0.15) is 0 Å². The Labute approximate surface area is 431 Å². The smallest absolute Gasteiger partial charge is 0.159 e. The lowest BCUT2D eigenvalue weighted by atomic mass is 9.86. The summed E-state index contributed by atoms with van der Waals surface area (Å²) < 4.78 is 13.7. The highest BCUT2D eigenvalue weighted by molar-refractivity contribution is 6.88.